The van der Waals surface area contributed by atoms with E-state index >= 15 is 0 Å². The van der Waals surface area contributed by atoms with Crippen LogP contribution in [0.25, 0.3) is 0 Å². The van der Waals surface area contributed by atoms with E-state index in [-0.39, 0.29) is 24.8 Å². The Balaban J connectivity index is 0. The van der Waals surface area contributed by atoms with Gasteiger partial charge < -0.3 is 10.2 Å². The lowest BCUT2D eigenvalue weighted by molar-refractivity contribution is 0.392. The van der Waals surface area contributed by atoms with Crippen molar-refractivity contribution in [3.63, 3.8) is 0 Å². The van der Waals surface area contributed by atoms with Crippen LogP contribution in [0, 0.1) is 0 Å². The second-order valence-corrected chi connectivity index (χ2v) is 4.69. The van der Waals surface area contributed by atoms with Crippen molar-refractivity contribution in [1.82, 2.24) is 20.0 Å². The van der Waals surface area contributed by atoms with Gasteiger partial charge in [-0.05, 0) is 53.5 Å². The molecule has 0 saturated carbocycles. The molecule has 0 fully saturated rings. The van der Waals surface area contributed by atoms with Gasteiger partial charge in [-0.25, -0.2) is 0 Å². The molecular formula is C12H26Cl2N4. The number of aromatic nitrogens is 2. The van der Waals surface area contributed by atoms with Crippen LogP contribution in [0.5, 0.6) is 0 Å². The first-order valence-electron chi connectivity index (χ1n) is 5.99. The van der Waals surface area contributed by atoms with Gasteiger partial charge in [0.1, 0.15) is 0 Å². The molecule has 6 heteroatoms. The van der Waals surface area contributed by atoms with Gasteiger partial charge in [0.25, 0.3) is 0 Å². The maximum absolute atomic E-state index is 4.31. The van der Waals surface area contributed by atoms with Crippen molar-refractivity contribution < 1.29 is 0 Å². The molecule has 0 unspecified atom stereocenters. The third-order valence-electron chi connectivity index (χ3n) is 2.51. The molecular weight excluding hydrogens is 271 g/mol. The van der Waals surface area contributed by atoms with Crippen molar-refractivity contribution in [1.29, 1.82) is 0 Å². The molecule has 4 nitrogen and oxygen atoms in total. The first-order chi connectivity index (χ1) is 7.61. The van der Waals surface area contributed by atoms with Crippen LogP contribution < -0.4 is 5.32 Å². The average molecular weight is 297 g/mol. The molecule has 0 atom stereocenters. The van der Waals surface area contributed by atoms with Crippen LogP contribution in [0.4, 0.5) is 0 Å². The van der Waals surface area contributed by atoms with E-state index in [1.807, 2.05) is 6.20 Å². The van der Waals surface area contributed by atoms with Gasteiger partial charge in [-0.1, -0.05) is 0 Å². The van der Waals surface area contributed by atoms with E-state index in [9.17, 15) is 0 Å². The molecule has 0 amide bonds. The van der Waals surface area contributed by atoms with E-state index in [4.69, 9.17) is 0 Å². The van der Waals surface area contributed by atoms with Crippen molar-refractivity contribution in [3.05, 3.63) is 18.0 Å². The molecule has 0 aliphatic carbocycles. The summed E-state index contributed by atoms with van der Waals surface area (Å²) in [6, 6.07) is 2.52. The lowest BCUT2D eigenvalue weighted by atomic mass is 10.3. The fraction of sp³-hybridized carbons (Fsp3) is 0.750. The molecule has 18 heavy (non-hydrogen) atoms. The monoisotopic (exact) mass is 296 g/mol. The summed E-state index contributed by atoms with van der Waals surface area (Å²) < 4.78 is 2.07. The van der Waals surface area contributed by atoms with Gasteiger partial charge >= 0.3 is 0 Å². The maximum Gasteiger partial charge on any atom is 0.0525 e. The summed E-state index contributed by atoms with van der Waals surface area (Å²) in [6.07, 6.45) is 3.06. The molecule has 1 N–H and O–H groups in total. The first-order valence-corrected chi connectivity index (χ1v) is 5.99. The standard InChI is InChI=1S/C12H24N4.2ClH/c1-11(2)16-12(6-8-14-16)10-13-7-5-9-15(3)4;;/h6,8,11,13H,5,7,9-10H2,1-4H3;2*1H. The minimum atomic E-state index is 0. The Morgan fingerprint density at radius 3 is 2.56 bits per heavy atom. The van der Waals surface area contributed by atoms with Gasteiger partial charge in [0.05, 0.1) is 5.69 Å². The zero-order valence-electron chi connectivity index (χ0n) is 11.7. The Bertz CT molecular complexity index is 300. The maximum atomic E-state index is 4.31. The van der Waals surface area contributed by atoms with Crippen molar-refractivity contribution in [2.75, 3.05) is 27.2 Å². The molecule has 0 aliphatic rings. The van der Waals surface area contributed by atoms with E-state index in [0.717, 1.165) is 19.6 Å². The Morgan fingerprint density at radius 1 is 1.33 bits per heavy atom. The first kappa shape index (κ1) is 20.0. The summed E-state index contributed by atoms with van der Waals surface area (Å²) in [7, 11) is 4.21. The molecule has 108 valence electrons. The third-order valence-corrected chi connectivity index (χ3v) is 2.51. The molecule has 1 aromatic rings. The van der Waals surface area contributed by atoms with Crippen LogP contribution in [0.15, 0.2) is 12.3 Å². The molecule has 0 bridgehead atoms. The van der Waals surface area contributed by atoms with Crippen LogP contribution in [0.2, 0.25) is 0 Å². The Morgan fingerprint density at radius 2 is 2.00 bits per heavy atom. The van der Waals surface area contributed by atoms with E-state index < -0.39 is 0 Å². The molecule has 0 radical (unpaired) electrons. The third kappa shape index (κ3) is 7.21. The van der Waals surface area contributed by atoms with Gasteiger partial charge in [-0.2, -0.15) is 5.10 Å². The van der Waals surface area contributed by atoms with Gasteiger partial charge in [0.2, 0.25) is 0 Å². The van der Waals surface area contributed by atoms with Crippen molar-refractivity contribution in [3.8, 4) is 0 Å². The molecule has 1 aromatic heterocycles. The summed E-state index contributed by atoms with van der Waals surface area (Å²) in [5.41, 5.74) is 1.26. The Labute approximate surface area is 123 Å². The fourth-order valence-electron chi connectivity index (χ4n) is 1.68. The lowest BCUT2D eigenvalue weighted by Crippen LogP contribution is -2.22. The molecule has 0 aromatic carbocycles. The molecule has 1 heterocycles. The fourth-order valence-corrected chi connectivity index (χ4v) is 1.68. The molecule has 0 spiro atoms. The van der Waals surface area contributed by atoms with Crippen LogP contribution >= 0.6 is 24.8 Å². The number of hydrogen-bond donors (Lipinski definition) is 1. The van der Waals surface area contributed by atoms with E-state index in [1.165, 1.54) is 12.1 Å². The molecule has 0 saturated heterocycles. The van der Waals surface area contributed by atoms with E-state index in [2.05, 4.69) is 54.0 Å². The van der Waals surface area contributed by atoms with Gasteiger partial charge in [0.15, 0.2) is 0 Å². The number of nitrogens with zero attached hydrogens (tertiary/aromatic N) is 3. The van der Waals surface area contributed by atoms with Crippen molar-refractivity contribution >= 4 is 24.8 Å². The SMILES string of the molecule is CC(C)n1nccc1CNCCCN(C)C.Cl.Cl. The summed E-state index contributed by atoms with van der Waals surface area (Å²) in [5, 5.41) is 7.76. The highest BCUT2D eigenvalue weighted by molar-refractivity contribution is 5.85. The summed E-state index contributed by atoms with van der Waals surface area (Å²) in [6.45, 7) is 7.41. The predicted molar refractivity (Wildman–Crippen MR) is 82.0 cm³/mol. The predicted octanol–water partition coefficient (Wildman–Crippen LogP) is 2.35. The highest BCUT2D eigenvalue weighted by atomic mass is 35.5. The van der Waals surface area contributed by atoms with Crippen LogP contribution in [0.1, 0.15) is 32.0 Å². The Kier molecular flexibility index (Phi) is 11.8. The second kappa shape index (κ2) is 10.6. The topological polar surface area (TPSA) is 33.1 Å². The Hall–Kier alpha value is -0.290. The average Bonchev–Trinajstić information content (AvgIpc) is 2.65. The van der Waals surface area contributed by atoms with E-state index in [1.54, 1.807) is 0 Å². The summed E-state index contributed by atoms with van der Waals surface area (Å²) >= 11 is 0. The molecule has 0 aliphatic heterocycles. The zero-order chi connectivity index (χ0) is 12.0. The summed E-state index contributed by atoms with van der Waals surface area (Å²) in [5.74, 6) is 0. The number of hydrogen-bond acceptors (Lipinski definition) is 3. The highest BCUT2D eigenvalue weighted by Gasteiger charge is 2.04. The van der Waals surface area contributed by atoms with Crippen molar-refractivity contribution in [2.45, 2.75) is 32.9 Å². The second-order valence-electron chi connectivity index (χ2n) is 4.69. The smallest absolute Gasteiger partial charge is 0.0525 e. The molecule has 1 rings (SSSR count). The largest absolute Gasteiger partial charge is 0.311 e. The van der Waals surface area contributed by atoms with E-state index in [0.29, 0.717) is 6.04 Å². The van der Waals surface area contributed by atoms with Gasteiger partial charge in [-0.15, -0.1) is 24.8 Å². The van der Waals surface area contributed by atoms with Crippen molar-refractivity contribution in [2.24, 2.45) is 0 Å². The highest BCUT2D eigenvalue weighted by Crippen LogP contribution is 2.07. The van der Waals surface area contributed by atoms with Crippen LogP contribution in [-0.2, 0) is 6.54 Å². The number of rotatable bonds is 7. The quantitative estimate of drug-likeness (QED) is 0.784. The van der Waals surface area contributed by atoms with Crippen LogP contribution in [0.3, 0.4) is 0 Å². The number of nitrogens with one attached hydrogen (secondary N) is 1. The minimum absolute atomic E-state index is 0. The lowest BCUT2D eigenvalue weighted by Gasteiger charge is -2.12. The normalized spacial score (nSPS) is 10.3. The minimum Gasteiger partial charge on any atom is -0.311 e. The number of halogens is 2. The van der Waals surface area contributed by atoms with Crippen LogP contribution in [-0.4, -0.2) is 41.9 Å². The van der Waals surface area contributed by atoms with Gasteiger partial charge in [0, 0.05) is 18.8 Å². The zero-order valence-corrected chi connectivity index (χ0v) is 13.4. The van der Waals surface area contributed by atoms with Gasteiger partial charge in [-0.3, -0.25) is 4.68 Å². The summed E-state index contributed by atoms with van der Waals surface area (Å²) in [4.78, 5) is 2.21.